The predicted molar refractivity (Wildman–Crippen MR) is 79.1 cm³/mol. The lowest BCUT2D eigenvalue weighted by atomic mass is 10.4. The highest BCUT2D eigenvalue weighted by Gasteiger charge is 2.10. The lowest BCUT2D eigenvalue weighted by Crippen LogP contribution is -2.30. The van der Waals surface area contributed by atoms with Crippen LogP contribution in [0.5, 0.6) is 5.88 Å². The van der Waals surface area contributed by atoms with Gasteiger partial charge in [-0.1, -0.05) is 6.07 Å². The molecule has 0 saturated carbocycles. The van der Waals surface area contributed by atoms with Gasteiger partial charge < -0.3 is 15.2 Å². The quantitative estimate of drug-likeness (QED) is 0.718. The van der Waals surface area contributed by atoms with E-state index in [9.17, 15) is 9.59 Å². The lowest BCUT2D eigenvalue weighted by Gasteiger charge is -2.10. The van der Waals surface area contributed by atoms with Crippen molar-refractivity contribution >= 4 is 11.8 Å². The van der Waals surface area contributed by atoms with E-state index in [1.807, 2.05) is 6.07 Å². The van der Waals surface area contributed by atoms with Crippen molar-refractivity contribution < 1.29 is 14.6 Å². The normalized spacial score (nSPS) is 10.2. The zero-order chi connectivity index (χ0) is 15.9. The Morgan fingerprint density at radius 3 is 2.91 bits per heavy atom. The van der Waals surface area contributed by atoms with E-state index in [-0.39, 0.29) is 5.82 Å². The molecular formula is C14H16N4O4. The van der Waals surface area contributed by atoms with Gasteiger partial charge >= 0.3 is 5.97 Å². The Morgan fingerprint density at radius 1 is 1.41 bits per heavy atom. The zero-order valence-corrected chi connectivity index (χ0v) is 12.0. The zero-order valence-electron chi connectivity index (χ0n) is 12.0. The molecule has 0 aliphatic rings. The summed E-state index contributed by atoms with van der Waals surface area (Å²) < 4.78 is 6.53. The summed E-state index contributed by atoms with van der Waals surface area (Å²) in [6.07, 6.45) is 3.07. The lowest BCUT2D eigenvalue weighted by molar-refractivity contribution is -0.137. The van der Waals surface area contributed by atoms with Crippen LogP contribution in [0.25, 0.3) is 0 Å². The van der Waals surface area contributed by atoms with Crippen LogP contribution in [0.4, 0.5) is 5.82 Å². The molecule has 0 saturated heterocycles. The molecule has 116 valence electrons. The Balaban J connectivity index is 1.95. The summed E-state index contributed by atoms with van der Waals surface area (Å²) in [7, 11) is 0. The summed E-state index contributed by atoms with van der Waals surface area (Å²) in [4.78, 5) is 30.9. The van der Waals surface area contributed by atoms with Gasteiger partial charge in [-0.3, -0.25) is 14.2 Å². The largest absolute Gasteiger partial charge is 0.480 e. The van der Waals surface area contributed by atoms with E-state index in [1.165, 1.54) is 6.20 Å². The second kappa shape index (κ2) is 7.21. The van der Waals surface area contributed by atoms with Gasteiger partial charge in [0, 0.05) is 24.2 Å². The van der Waals surface area contributed by atoms with Gasteiger partial charge in [-0.05, 0) is 13.0 Å². The van der Waals surface area contributed by atoms with E-state index in [4.69, 9.17) is 9.84 Å². The van der Waals surface area contributed by atoms with Crippen LogP contribution in [0.15, 0.2) is 35.4 Å². The van der Waals surface area contributed by atoms with Crippen molar-refractivity contribution in [2.75, 3.05) is 18.5 Å². The number of hydrogen-bond acceptors (Lipinski definition) is 6. The van der Waals surface area contributed by atoms with Crippen molar-refractivity contribution in [1.82, 2.24) is 14.5 Å². The molecule has 0 unspecified atom stereocenters. The van der Waals surface area contributed by atoms with Gasteiger partial charge in [0.25, 0.3) is 5.56 Å². The van der Waals surface area contributed by atoms with Crippen LogP contribution < -0.4 is 15.6 Å². The topological polar surface area (TPSA) is 106 Å². The Labute approximate surface area is 126 Å². The molecule has 22 heavy (non-hydrogen) atoms. The Kier molecular flexibility index (Phi) is 5.07. The number of nitrogens with one attached hydrogen (secondary N) is 1. The number of carboxylic acids is 1. The molecule has 0 atom stereocenters. The number of nitrogens with zero attached hydrogens (tertiary/aromatic N) is 3. The molecule has 0 radical (unpaired) electrons. The van der Waals surface area contributed by atoms with E-state index < -0.39 is 18.1 Å². The fraction of sp³-hybridized carbons (Fsp3) is 0.286. The summed E-state index contributed by atoms with van der Waals surface area (Å²) in [5.41, 5.74) is 0.0166. The van der Waals surface area contributed by atoms with E-state index in [2.05, 4.69) is 15.3 Å². The molecule has 2 rings (SSSR count). The van der Waals surface area contributed by atoms with Gasteiger partial charge in [-0.15, -0.1) is 0 Å². The molecule has 2 aromatic heterocycles. The first kappa shape index (κ1) is 15.5. The third-order valence-corrected chi connectivity index (χ3v) is 2.83. The predicted octanol–water partition coefficient (Wildman–Crippen LogP) is 0.522. The molecule has 2 heterocycles. The molecule has 0 bridgehead atoms. The molecule has 0 fully saturated rings. The first-order valence-electron chi connectivity index (χ1n) is 6.64. The number of pyridine rings is 1. The van der Waals surface area contributed by atoms with Gasteiger partial charge in [-0.2, -0.15) is 0 Å². The summed E-state index contributed by atoms with van der Waals surface area (Å²) in [6, 6.07) is 5.32. The monoisotopic (exact) mass is 304 g/mol. The number of aromatic nitrogens is 3. The molecule has 2 aromatic rings. The number of aryl methyl sites for hydroxylation is 1. The fourth-order valence-corrected chi connectivity index (χ4v) is 1.78. The number of carbonyl (C=O) groups is 1. The molecule has 0 spiro atoms. The Morgan fingerprint density at radius 2 is 2.23 bits per heavy atom. The van der Waals surface area contributed by atoms with Crippen LogP contribution in [0, 0.1) is 6.92 Å². The van der Waals surface area contributed by atoms with E-state index in [0.29, 0.717) is 24.7 Å². The van der Waals surface area contributed by atoms with Gasteiger partial charge in [0.15, 0.2) is 5.82 Å². The second-order valence-corrected chi connectivity index (χ2v) is 4.48. The number of hydrogen-bond donors (Lipinski definition) is 2. The Bertz CT molecular complexity index is 700. The molecule has 2 N–H and O–H groups in total. The number of aliphatic carboxylic acids is 1. The van der Waals surface area contributed by atoms with E-state index in [0.717, 1.165) is 4.57 Å². The molecule has 0 aliphatic heterocycles. The average molecular weight is 304 g/mol. The fourth-order valence-electron chi connectivity index (χ4n) is 1.78. The number of rotatable bonds is 7. The highest BCUT2D eigenvalue weighted by molar-refractivity contribution is 5.66. The van der Waals surface area contributed by atoms with Gasteiger partial charge in [0.05, 0.1) is 6.54 Å². The summed E-state index contributed by atoms with van der Waals surface area (Å²) >= 11 is 0. The summed E-state index contributed by atoms with van der Waals surface area (Å²) in [6.45, 7) is 1.87. The van der Waals surface area contributed by atoms with E-state index >= 15 is 0 Å². The summed E-state index contributed by atoms with van der Waals surface area (Å²) in [5, 5.41) is 11.7. The standard InChI is InChI=1S/C14H16N4O4/c1-10-8-17-13(14(21)18(10)9-12(19)20)16-6-7-22-11-4-2-3-5-15-11/h2-5,8H,6-7,9H2,1H3,(H,16,17)(H,19,20). The van der Waals surface area contributed by atoms with E-state index in [1.54, 1.807) is 25.3 Å². The smallest absolute Gasteiger partial charge is 0.323 e. The second-order valence-electron chi connectivity index (χ2n) is 4.48. The van der Waals surface area contributed by atoms with Crippen LogP contribution >= 0.6 is 0 Å². The first-order valence-corrected chi connectivity index (χ1v) is 6.64. The molecule has 0 aromatic carbocycles. The minimum absolute atomic E-state index is 0.0940. The average Bonchev–Trinajstić information content (AvgIpc) is 2.50. The third kappa shape index (κ3) is 4.05. The maximum Gasteiger partial charge on any atom is 0.323 e. The highest BCUT2D eigenvalue weighted by atomic mass is 16.5. The minimum Gasteiger partial charge on any atom is -0.480 e. The van der Waals surface area contributed by atoms with Crippen molar-refractivity contribution in [2.45, 2.75) is 13.5 Å². The SMILES string of the molecule is Cc1cnc(NCCOc2ccccn2)c(=O)n1CC(=O)O. The van der Waals surface area contributed by atoms with Crippen LogP contribution in [-0.2, 0) is 11.3 Å². The van der Waals surface area contributed by atoms with Gasteiger partial charge in [0.2, 0.25) is 5.88 Å². The van der Waals surface area contributed by atoms with Crippen molar-refractivity contribution in [3.8, 4) is 5.88 Å². The maximum atomic E-state index is 12.1. The van der Waals surface area contributed by atoms with Crippen LogP contribution in [0.2, 0.25) is 0 Å². The molecule has 8 heteroatoms. The van der Waals surface area contributed by atoms with Crippen LogP contribution in [-0.4, -0.2) is 38.8 Å². The first-order chi connectivity index (χ1) is 10.6. The van der Waals surface area contributed by atoms with Crippen molar-refractivity contribution in [3.63, 3.8) is 0 Å². The molecule has 8 nitrogen and oxygen atoms in total. The molecule has 0 amide bonds. The number of ether oxygens (including phenoxy) is 1. The van der Waals surface area contributed by atoms with Gasteiger partial charge in [-0.25, -0.2) is 9.97 Å². The molecule has 0 aliphatic carbocycles. The third-order valence-electron chi connectivity index (χ3n) is 2.83. The van der Waals surface area contributed by atoms with Crippen LogP contribution in [0.3, 0.4) is 0 Å². The highest BCUT2D eigenvalue weighted by Crippen LogP contribution is 2.03. The van der Waals surface area contributed by atoms with Crippen molar-refractivity contribution in [2.24, 2.45) is 0 Å². The number of carboxylic acid groups (broad SMARTS) is 1. The summed E-state index contributed by atoms with van der Waals surface area (Å²) in [5.74, 6) is -0.498. The van der Waals surface area contributed by atoms with Gasteiger partial charge in [0.1, 0.15) is 13.2 Å². The maximum absolute atomic E-state index is 12.1. The van der Waals surface area contributed by atoms with Crippen molar-refractivity contribution in [1.29, 1.82) is 0 Å². The molecular weight excluding hydrogens is 288 g/mol. The van der Waals surface area contributed by atoms with Crippen LogP contribution in [0.1, 0.15) is 5.69 Å². The van der Waals surface area contributed by atoms with Crippen molar-refractivity contribution in [3.05, 3.63) is 46.6 Å². The minimum atomic E-state index is -1.08. The number of anilines is 1. The Hall–Kier alpha value is -2.90.